The predicted octanol–water partition coefficient (Wildman–Crippen LogP) is 6.13. The van der Waals surface area contributed by atoms with Crippen LogP contribution in [0.5, 0.6) is 0 Å². The third-order valence-electron chi connectivity index (χ3n) is 5.76. The van der Waals surface area contributed by atoms with Crippen molar-refractivity contribution in [3.8, 4) is 0 Å². The fourth-order valence-electron chi connectivity index (χ4n) is 4.09. The Kier molecular flexibility index (Phi) is 6.45. The summed E-state index contributed by atoms with van der Waals surface area (Å²) < 4.78 is 44.6. The van der Waals surface area contributed by atoms with E-state index in [2.05, 4.69) is 0 Å². The number of nitrogens with zero attached hydrogens (tertiary/aromatic N) is 1. The number of amides is 1. The maximum atomic E-state index is 13.8. The van der Waals surface area contributed by atoms with Gasteiger partial charge in [-0.15, -0.1) is 11.8 Å². The minimum atomic E-state index is -4.52. The number of halogens is 3. The van der Waals surface area contributed by atoms with E-state index in [9.17, 15) is 22.8 Å². The van der Waals surface area contributed by atoms with Crippen molar-refractivity contribution in [2.75, 3.05) is 12.0 Å². The van der Waals surface area contributed by atoms with Crippen molar-refractivity contribution in [3.63, 3.8) is 0 Å². The SMILES string of the molecule is COC(=O)c1ccc(CC2(C)Sc3ccccc3N(Cc3ccccc3C(F)(F)F)C2=O)cc1. The first-order valence-corrected chi connectivity index (χ1v) is 11.4. The van der Waals surface area contributed by atoms with E-state index in [1.54, 1.807) is 49.4 Å². The Morgan fingerprint density at radius 3 is 2.32 bits per heavy atom. The van der Waals surface area contributed by atoms with Gasteiger partial charge in [-0.05, 0) is 54.8 Å². The van der Waals surface area contributed by atoms with E-state index in [4.69, 9.17) is 4.74 Å². The van der Waals surface area contributed by atoms with Gasteiger partial charge in [-0.2, -0.15) is 13.2 Å². The molecule has 4 rings (SSSR count). The van der Waals surface area contributed by atoms with Crippen LogP contribution in [0.15, 0.2) is 77.7 Å². The molecule has 1 heterocycles. The van der Waals surface area contributed by atoms with Gasteiger partial charge in [-0.1, -0.05) is 42.5 Å². The summed E-state index contributed by atoms with van der Waals surface area (Å²) in [5.41, 5.74) is 1.10. The molecule has 1 amide bonds. The summed E-state index contributed by atoms with van der Waals surface area (Å²) in [4.78, 5) is 27.7. The van der Waals surface area contributed by atoms with Crippen molar-refractivity contribution in [1.29, 1.82) is 0 Å². The maximum absolute atomic E-state index is 13.8. The number of thioether (sulfide) groups is 1. The molecule has 0 spiro atoms. The molecule has 3 aromatic rings. The number of fused-ring (bicyclic) bond motifs is 1. The lowest BCUT2D eigenvalue weighted by molar-refractivity contribution is -0.138. The second-order valence-electron chi connectivity index (χ2n) is 8.21. The molecule has 1 aliphatic heterocycles. The molecule has 8 heteroatoms. The van der Waals surface area contributed by atoms with Crippen molar-refractivity contribution in [2.45, 2.75) is 35.7 Å². The fraction of sp³-hybridized carbons (Fsp3) is 0.231. The Hall–Kier alpha value is -3.26. The molecule has 0 aliphatic carbocycles. The topological polar surface area (TPSA) is 46.6 Å². The zero-order chi connectivity index (χ0) is 24.5. The van der Waals surface area contributed by atoms with Crippen LogP contribution in [0.4, 0.5) is 18.9 Å². The molecule has 3 aromatic carbocycles. The average Bonchev–Trinajstić information content (AvgIpc) is 2.81. The quantitative estimate of drug-likeness (QED) is 0.408. The number of carbonyl (C=O) groups excluding carboxylic acids is 2. The Labute approximate surface area is 199 Å². The first-order chi connectivity index (χ1) is 16.1. The molecule has 4 nitrogen and oxygen atoms in total. The third kappa shape index (κ3) is 4.68. The molecule has 0 saturated carbocycles. The Balaban J connectivity index is 1.69. The molecule has 0 bridgehead atoms. The van der Waals surface area contributed by atoms with E-state index in [1.165, 1.54) is 35.9 Å². The van der Waals surface area contributed by atoms with Crippen LogP contribution in [-0.2, 0) is 28.7 Å². The summed E-state index contributed by atoms with van der Waals surface area (Å²) in [6.45, 7) is 1.61. The number of methoxy groups -OCH3 is 1. The van der Waals surface area contributed by atoms with Gasteiger partial charge >= 0.3 is 12.1 Å². The number of esters is 1. The molecule has 176 valence electrons. The summed E-state index contributed by atoms with van der Waals surface area (Å²) in [5.74, 6) is -0.727. The maximum Gasteiger partial charge on any atom is 0.416 e. The summed E-state index contributed by atoms with van der Waals surface area (Å²) in [6.07, 6.45) is -4.18. The fourth-order valence-corrected chi connectivity index (χ4v) is 5.44. The first-order valence-electron chi connectivity index (χ1n) is 10.5. The molecular weight excluding hydrogens is 463 g/mol. The largest absolute Gasteiger partial charge is 0.465 e. The van der Waals surface area contributed by atoms with E-state index >= 15 is 0 Å². The number of anilines is 1. The van der Waals surface area contributed by atoms with Crippen LogP contribution in [0.3, 0.4) is 0 Å². The highest BCUT2D eigenvalue weighted by Gasteiger charge is 2.44. The highest BCUT2D eigenvalue weighted by atomic mass is 32.2. The Bertz CT molecular complexity index is 1230. The van der Waals surface area contributed by atoms with Gasteiger partial charge in [0.15, 0.2) is 0 Å². The number of carbonyl (C=O) groups is 2. The summed E-state index contributed by atoms with van der Waals surface area (Å²) in [5, 5.41) is 0. The first kappa shape index (κ1) is 23.9. The molecule has 34 heavy (non-hydrogen) atoms. The van der Waals surface area contributed by atoms with E-state index in [0.29, 0.717) is 17.7 Å². The van der Waals surface area contributed by atoms with Crippen LogP contribution in [0, 0.1) is 0 Å². The Morgan fingerprint density at radius 2 is 1.65 bits per heavy atom. The molecule has 1 unspecified atom stereocenters. The van der Waals surface area contributed by atoms with Gasteiger partial charge in [0.1, 0.15) is 4.75 Å². The molecule has 0 aromatic heterocycles. The zero-order valence-electron chi connectivity index (χ0n) is 18.6. The zero-order valence-corrected chi connectivity index (χ0v) is 19.4. The monoisotopic (exact) mass is 485 g/mol. The van der Waals surface area contributed by atoms with Gasteiger partial charge in [-0.3, -0.25) is 4.79 Å². The minimum absolute atomic E-state index is 0.0369. The smallest absolute Gasteiger partial charge is 0.416 e. The number of hydrogen-bond acceptors (Lipinski definition) is 4. The van der Waals surface area contributed by atoms with E-state index in [0.717, 1.165) is 16.5 Å². The molecule has 0 N–H and O–H groups in total. The summed E-state index contributed by atoms with van der Waals surface area (Å²) in [7, 11) is 1.30. The van der Waals surface area contributed by atoms with E-state index in [1.807, 2.05) is 12.1 Å². The van der Waals surface area contributed by atoms with Gasteiger partial charge in [0.2, 0.25) is 5.91 Å². The number of benzene rings is 3. The molecule has 0 saturated heterocycles. The molecule has 1 aliphatic rings. The van der Waals surface area contributed by atoms with Crippen LogP contribution in [0.25, 0.3) is 0 Å². The summed E-state index contributed by atoms with van der Waals surface area (Å²) in [6, 6.07) is 19.3. The van der Waals surface area contributed by atoms with E-state index in [-0.39, 0.29) is 18.0 Å². The number of alkyl halides is 3. The lowest BCUT2D eigenvalue weighted by Gasteiger charge is -2.40. The van der Waals surface area contributed by atoms with Gasteiger partial charge in [0, 0.05) is 4.90 Å². The number of hydrogen-bond donors (Lipinski definition) is 0. The normalized spacial score (nSPS) is 17.9. The number of para-hydroxylation sites is 1. The van der Waals surface area contributed by atoms with Crippen molar-refractivity contribution in [3.05, 3.63) is 95.1 Å². The van der Waals surface area contributed by atoms with Crippen molar-refractivity contribution in [1.82, 2.24) is 0 Å². The number of ether oxygens (including phenoxy) is 1. The van der Waals surface area contributed by atoms with E-state index < -0.39 is 22.5 Å². The van der Waals surface area contributed by atoms with Gasteiger partial charge in [-0.25, -0.2) is 4.79 Å². The number of rotatable bonds is 5. The minimum Gasteiger partial charge on any atom is -0.465 e. The molecule has 0 fully saturated rings. The van der Waals surface area contributed by atoms with Crippen molar-refractivity contribution < 1.29 is 27.5 Å². The van der Waals surface area contributed by atoms with Crippen LogP contribution in [0.2, 0.25) is 0 Å². The second kappa shape index (κ2) is 9.18. The van der Waals surface area contributed by atoms with Gasteiger partial charge in [0.05, 0.1) is 30.5 Å². The highest BCUT2D eigenvalue weighted by molar-refractivity contribution is 8.01. The lowest BCUT2D eigenvalue weighted by Crippen LogP contribution is -2.49. The molecular formula is C26H22F3NO3S. The van der Waals surface area contributed by atoms with Crippen molar-refractivity contribution in [2.24, 2.45) is 0 Å². The van der Waals surface area contributed by atoms with Crippen LogP contribution >= 0.6 is 11.8 Å². The molecule has 1 atom stereocenters. The Morgan fingerprint density at radius 1 is 1.00 bits per heavy atom. The second-order valence-corrected chi connectivity index (χ2v) is 9.76. The predicted molar refractivity (Wildman–Crippen MR) is 125 cm³/mol. The molecule has 0 radical (unpaired) electrons. The summed E-state index contributed by atoms with van der Waals surface area (Å²) >= 11 is 1.40. The lowest BCUT2D eigenvalue weighted by atomic mass is 9.96. The average molecular weight is 486 g/mol. The standard InChI is InChI=1S/C26H22F3NO3S/c1-25(15-17-11-13-18(14-12-17)23(31)33-2)24(32)30(21-9-5-6-10-22(21)34-25)16-19-7-3-4-8-20(19)26(27,28)29/h3-14H,15-16H2,1-2H3. The highest BCUT2D eigenvalue weighted by Crippen LogP contribution is 2.47. The van der Waals surface area contributed by atoms with Crippen LogP contribution in [-0.4, -0.2) is 23.7 Å². The third-order valence-corrected chi connectivity index (χ3v) is 7.09. The van der Waals surface area contributed by atoms with Crippen LogP contribution in [0.1, 0.15) is 34.0 Å². The van der Waals surface area contributed by atoms with Gasteiger partial charge < -0.3 is 9.64 Å². The van der Waals surface area contributed by atoms with Gasteiger partial charge in [0.25, 0.3) is 0 Å². The van der Waals surface area contributed by atoms with Crippen LogP contribution < -0.4 is 4.90 Å². The van der Waals surface area contributed by atoms with Crippen molar-refractivity contribution >= 4 is 29.3 Å².